The average Bonchev–Trinajstić information content (AvgIpc) is 3.34. The van der Waals surface area contributed by atoms with Crippen molar-refractivity contribution in [2.45, 2.75) is 32.5 Å². The molecule has 0 aliphatic carbocycles. The monoisotopic (exact) mass is 431 g/mol. The normalized spacial score (nSPS) is 11.9. The number of nitrogens with one attached hydrogen (secondary N) is 1. The SMILES string of the molecule is Cc1ncn(CCC(C=O)NC(=O)c2ncn(Cc3cc(F)ccc3F)n2)c1N(C)C. The maximum Gasteiger partial charge on any atom is 0.291 e. The highest BCUT2D eigenvalue weighted by molar-refractivity contribution is 5.92. The topological polar surface area (TPSA) is 97.9 Å². The first-order valence-corrected chi connectivity index (χ1v) is 9.57. The van der Waals surface area contributed by atoms with Gasteiger partial charge in [-0.1, -0.05) is 0 Å². The molecular formula is C20H23F2N7O2. The van der Waals surface area contributed by atoms with Crippen molar-refractivity contribution < 1.29 is 18.4 Å². The zero-order chi connectivity index (χ0) is 22.5. The molecule has 0 saturated carbocycles. The van der Waals surface area contributed by atoms with E-state index >= 15 is 0 Å². The minimum Gasteiger partial charge on any atom is -0.363 e. The number of halogens is 2. The molecule has 1 amide bonds. The lowest BCUT2D eigenvalue weighted by atomic mass is 10.2. The fraction of sp³-hybridized carbons (Fsp3) is 0.350. The fourth-order valence-electron chi connectivity index (χ4n) is 3.22. The molecule has 3 rings (SSSR count). The highest BCUT2D eigenvalue weighted by Crippen LogP contribution is 2.17. The molecule has 0 bridgehead atoms. The first kappa shape index (κ1) is 22.1. The number of aromatic nitrogens is 5. The van der Waals surface area contributed by atoms with Gasteiger partial charge in [-0.2, -0.15) is 0 Å². The van der Waals surface area contributed by atoms with E-state index in [0.717, 1.165) is 29.7 Å². The molecule has 164 valence electrons. The van der Waals surface area contributed by atoms with Gasteiger partial charge < -0.3 is 19.6 Å². The quantitative estimate of drug-likeness (QED) is 0.517. The van der Waals surface area contributed by atoms with Crippen LogP contribution in [0.25, 0.3) is 0 Å². The first-order chi connectivity index (χ1) is 14.8. The summed E-state index contributed by atoms with van der Waals surface area (Å²) in [6.07, 6.45) is 3.92. The van der Waals surface area contributed by atoms with Crippen molar-refractivity contribution in [3.8, 4) is 0 Å². The third-order valence-corrected chi connectivity index (χ3v) is 4.65. The molecule has 1 unspecified atom stereocenters. The molecule has 0 fully saturated rings. The van der Waals surface area contributed by atoms with E-state index in [1.54, 1.807) is 6.33 Å². The van der Waals surface area contributed by atoms with E-state index in [1.165, 1.54) is 11.0 Å². The second-order valence-corrected chi connectivity index (χ2v) is 7.25. The van der Waals surface area contributed by atoms with Gasteiger partial charge >= 0.3 is 0 Å². The Morgan fingerprint density at radius 3 is 2.74 bits per heavy atom. The summed E-state index contributed by atoms with van der Waals surface area (Å²) in [5.74, 6) is -1.05. The number of rotatable bonds is 9. The number of hydrogen-bond donors (Lipinski definition) is 1. The first-order valence-electron chi connectivity index (χ1n) is 9.57. The van der Waals surface area contributed by atoms with Crippen LogP contribution in [0.5, 0.6) is 0 Å². The molecular weight excluding hydrogens is 408 g/mol. The maximum absolute atomic E-state index is 13.8. The zero-order valence-electron chi connectivity index (χ0n) is 17.4. The van der Waals surface area contributed by atoms with Gasteiger partial charge in [0.05, 0.1) is 24.6 Å². The molecule has 0 radical (unpaired) electrons. The van der Waals surface area contributed by atoms with Crippen LogP contribution in [0.15, 0.2) is 30.9 Å². The van der Waals surface area contributed by atoms with Gasteiger partial charge in [0.2, 0.25) is 5.82 Å². The van der Waals surface area contributed by atoms with Gasteiger partial charge in [-0.05, 0) is 31.5 Å². The maximum atomic E-state index is 13.8. The van der Waals surface area contributed by atoms with Crippen LogP contribution in [-0.4, -0.2) is 56.6 Å². The highest BCUT2D eigenvalue weighted by Gasteiger charge is 2.18. The van der Waals surface area contributed by atoms with E-state index in [1.807, 2.05) is 30.5 Å². The number of anilines is 1. The number of aldehydes is 1. The van der Waals surface area contributed by atoms with E-state index in [2.05, 4.69) is 20.4 Å². The summed E-state index contributed by atoms with van der Waals surface area (Å²) in [4.78, 5) is 34.0. The van der Waals surface area contributed by atoms with Crippen molar-refractivity contribution in [1.29, 1.82) is 0 Å². The summed E-state index contributed by atoms with van der Waals surface area (Å²) in [7, 11) is 3.80. The third-order valence-electron chi connectivity index (χ3n) is 4.65. The zero-order valence-corrected chi connectivity index (χ0v) is 17.4. The average molecular weight is 431 g/mol. The number of amides is 1. The molecule has 2 aromatic heterocycles. The molecule has 1 N–H and O–H groups in total. The Hall–Kier alpha value is -3.63. The van der Waals surface area contributed by atoms with Crippen molar-refractivity contribution in [3.05, 3.63) is 59.6 Å². The fourth-order valence-corrected chi connectivity index (χ4v) is 3.22. The number of nitrogens with zero attached hydrogens (tertiary/aromatic N) is 6. The second-order valence-electron chi connectivity index (χ2n) is 7.25. The van der Waals surface area contributed by atoms with E-state index < -0.39 is 23.6 Å². The van der Waals surface area contributed by atoms with E-state index in [0.29, 0.717) is 19.3 Å². The molecule has 0 aliphatic heterocycles. The standard InChI is InChI=1S/C20H23F2N7O2/c1-13-20(27(2)3)28(11-23-13)7-6-16(10-30)25-19(31)18-24-12-29(26-18)9-14-8-15(21)4-5-17(14)22/h4-5,8,10-12,16H,6-7,9H2,1-3H3,(H,25,31). The van der Waals surface area contributed by atoms with Crippen molar-refractivity contribution in [2.24, 2.45) is 0 Å². The van der Waals surface area contributed by atoms with Crippen molar-refractivity contribution in [3.63, 3.8) is 0 Å². The molecule has 1 atom stereocenters. The van der Waals surface area contributed by atoms with Crippen molar-refractivity contribution in [2.75, 3.05) is 19.0 Å². The summed E-state index contributed by atoms with van der Waals surface area (Å²) in [5, 5.41) is 6.57. The Kier molecular flexibility index (Phi) is 6.73. The molecule has 11 heteroatoms. The molecule has 1 aromatic carbocycles. The number of imidazole rings is 1. The predicted octanol–water partition coefficient (Wildman–Crippen LogP) is 1.56. The molecule has 31 heavy (non-hydrogen) atoms. The third kappa shape index (κ3) is 5.30. The Morgan fingerprint density at radius 1 is 1.26 bits per heavy atom. The summed E-state index contributed by atoms with van der Waals surface area (Å²) in [6.45, 7) is 2.27. The van der Waals surface area contributed by atoms with Gasteiger partial charge in [0, 0.05) is 26.2 Å². The summed E-state index contributed by atoms with van der Waals surface area (Å²) in [5.41, 5.74) is 0.941. The molecule has 0 saturated heterocycles. The summed E-state index contributed by atoms with van der Waals surface area (Å²) in [6, 6.07) is 2.34. The lowest BCUT2D eigenvalue weighted by Crippen LogP contribution is -2.37. The van der Waals surface area contributed by atoms with E-state index in [9.17, 15) is 18.4 Å². The molecule has 9 nitrogen and oxygen atoms in total. The van der Waals surface area contributed by atoms with Gasteiger partial charge in [0.1, 0.15) is 30.1 Å². The minimum absolute atomic E-state index is 0.0787. The Morgan fingerprint density at radius 2 is 2.03 bits per heavy atom. The second kappa shape index (κ2) is 9.45. The Labute approximate surface area is 177 Å². The minimum atomic E-state index is -0.752. The lowest BCUT2D eigenvalue weighted by Gasteiger charge is -2.18. The molecule has 0 spiro atoms. The van der Waals surface area contributed by atoms with Crippen LogP contribution >= 0.6 is 0 Å². The number of carbonyl (C=O) groups excluding carboxylic acids is 2. The Bertz CT molecular complexity index is 1080. The van der Waals surface area contributed by atoms with Crippen LogP contribution in [0, 0.1) is 18.6 Å². The molecule has 2 heterocycles. The Balaban J connectivity index is 1.61. The lowest BCUT2D eigenvalue weighted by molar-refractivity contribution is -0.109. The van der Waals surface area contributed by atoms with Crippen LogP contribution in [-0.2, 0) is 17.9 Å². The van der Waals surface area contributed by atoms with Crippen LogP contribution < -0.4 is 10.2 Å². The largest absolute Gasteiger partial charge is 0.363 e. The molecule has 3 aromatic rings. The van der Waals surface area contributed by atoms with Gasteiger partial charge in [-0.25, -0.2) is 23.4 Å². The number of aryl methyl sites for hydroxylation is 2. The van der Waals surface area contributed by atoms with Crippen molar-refractivity contribution >= 4 is 18.0 Å². The van der Waals surface area contributed by atoms with Crippen LogP contribution in [0.3, 0.4) is 0 Å². The van der Waals surface area contributed by atoms with Crippen LogP contribution in [0.4, 0.5) is 14.6 Å². The molecule has 0 aliphatic rings. The van der Waals surface area contributed by atoms with Gasteiger partial charge in [0.15, 0.2) is 0 Å². The summed E-state index contributed by atoms with van der Waals surface area (Å²) < 4.78 is 30.2. The summed E-state index contributed by atoms with van der Waals surface area (Å²) >= 11 is 0. The highest BCUT2D eigenvalue weighted by atomic mass is 19.1. The number of carbonyl (C=O) groups is 2. The number of hydrogen-bond acceptors (Lipinski definition) is 6. The van der Waals surface area contributed by atoms with Crippen molar-refractivity contribution in [1.82, 2.24) is 29.6 Å². The smallest absolute Gasteiger partial charge is 0.291 e. The van der Waals surface area contributed by atoms with Gasteiger partial charge in [0.25, 0.3) is 5.91 Å². The van der Waals surface area contributed by atoms with Gasteiger partial charge in [-0.15, -0.1) is 5.10 Å². The van der Waals surface area contributed by atoms with Crippen LogP contribution in [0.2, 0.25) is 0 Å². The predicted molar refractivity (Wildman–Crippen MR) is 109 cm³/mol. The van der Waals surface area contributed by atoms with E-state index in [-0.39, 0.29) is 17.9 Å². The van der Waals surface area contributed by atoms with E-state index in [4.69, 9.17) is 0 Å². The number of benzene rings is 1. The van der Waals surface area contributed by atoms with Crippen LogP contribution in [0.1, 0.15) is 28.3 Å². The van der Waals surface area contributed by atoms with Gasteiger partial charge in [-0.3, -0.25) is 4.79 Å².